The molecule has 0 aromatic rings. The smallest absolute Gasteiger partial charge is 0.214 e. The van der Waals surface area contributed by atoms with E-state index < -0.39 is 15.6 Å². The third-order valence-electron chi connectivity index (χ3n) is 1.97. The molecule has 1 N–H and O–H groups in total. The predicted molar refractivity (Wildman–Crippen MR) is 58.2 cm³/mol. The minimum Gasteiger partial charge on any atom is -0.384 e. The Kier molecular flexibility index (Phi) is 5.36. The van der Waals surface area contributed by atoms with E-state index in [0.29, 0.717) is 0 Å². The Bertz CT molecular complexity index is 262. The van der Waals surface area contributed by atoms with E-state index in [2.05, 4.69) is 4.72 Å². The molecule has 0 fully saturated rings. The van der Waals surface area contributed by atoms with Crippen LogP contribution in [-0.2, 0) is 14.8 Å². The molecule has 0 aliphatic carbocycles. The van der Waals surface area contributed by atoms with Crippen molar-refractivity contribution in [3.8, 4) is 0 Å². The van der Waals surface area contributed by atoms with Crippen molar-refractivity contribution in [2.24, 2.45) is 0 Å². The number of hydrogen-bond acceptors (Lipinski definition) is 3. The van der Waals surface area contributed by atoms with Crippen molar-refractivity contribution < 1.29 is 13.2 Å². The van der Waals surface area contributed by atoms with E-state index in [0.717, 1.165) is 0 Å². The Balaban J connectivity index is 4.36. The minimum absolute atomic E-state index is 0.0451. The van der Waals surface area contributed by atoms with Gasteiger partial charge < -0.3 is 4.74 Å². The molecule has 86 valence electrons. The average molecular weight is 244 g/mol. The lowest BCUT2D eigenvalue weighted by atomic mass is 10.0. The van der Waals surface area contributed by atoms with Crippen molar-refractivity contribution in [3.63, 3.8) is 0 Å². The summed E-state index contributed by atoms with van der Waals surface area (Å²) in [5.74, 6) is -0.0451. The van der Waals surface area contributed by atoms with Crippen LogP contribution in [0, 0.1) is 0 Å². The van der Waals surface area contributed by atoms with Crippen LogP contribution in [0.25, 0.3) is 0 Å². The Labute approximate surface area is 91.0 Å². The molecule has 6 heteroatoms. The zero-order valence-corrected chi connectivity index (χ0v) is 10.6. The molecule has 0 rings (SSSR count). The molecule has 0 aliphatic rings. The SMILES string of the molecule is COCCS(=O)(=O)NC(C)(C)C(C)Cl. The van der Waals surface area contributed by atoms with Gasteiger partial charge in [0.2, 0.25) is 10.0 Å². The van der Waals surface area contributed by atoms with E-state index in [9.17, 15) is 8.42 Å². The molecule has 0 saturated heterocycles. The van der Waals surface area contributed by atoms with Gasteiger partial charge in [-0.25, -0.2) is 13.1 Å². The van der Waals surface area contributed by atoms with Crippen molar-refractivity contribution >= 4 is 21.6 Å². The number of ether oxygens (including phenoxy) is 1. The van der Waals surface area contributed by atoms with Gasteiger partial charge in [-0.15, -0.1) is 11.6 Å². The van der Waals surface area contributed by atoms with Gasteiger partial charge in [0.05, 0.1) is 12.4 Å². The van der Waals surface area contributed by atoms with Crippen LogP contribution in [0.15, 0.2) is 0 Å². The fourth-order valence-electron chi connectivity index (χ4n) is 0.726. The Hall–Kier alpha value is 0.160. The lowest BCUT2D eigenvalue weighted by Crippen LogP contribution is -2.50. The van der Waals surface area contributed by atoms with Crippen LogP contribution >= 0.6 is 11.6 Å². The summed E-state index contributed by atoms with van der Waals surface area (Å²) in [7, 11) is -1.84. The molecule has 0 bridgehead atoms. The van der Waals surface area contributed by atoms with Gasteiger partial charge in [-0.05, 0) is 20.8 Å². The quantitative estimate of drug-likeness (QED) is 0.707. The lowest BCUT2D eigenvalue weighted by Gasteiger charge is -2.28. The number of hydrogen-bond donors (Lipinski definition) is 1. The van der Waals surface area contributed by atoms with Crippen molar-refractivity contribution in [2.75, 3.05) is 19.5 Å². The lowest BCUT2D eigenvalue weighted by molar-refractivity contribution is 0.216. The highest BCUT2D eigenvalue weighted by atomic mass is 35.5. The summed E-state index contributed by atoms with van der Waals surface area (Å²) >= 11 is 5.85. The summed E-state index contributed by atoms with van der Waals surface area (Å²) in [4.78, 5) is 0. The van der Waals surface area contributed by atoms with Crippen molar-refractivity contribution in [1.29, 1.82) is 0 Å². The second-order valence-electron chi connectivity index (χ2n) is 3.75. The average Bonchev–Trinajstić information content (AvgIpc) is 1.99. The number of rotatable bonds is 6. The monoisotopic (exact) mass is 243 g/mol. The highest BCUT2D eigenvalue weighted by Crippen LogP contribution is 2.15. The van der Waals surface area contributed by atoms with E-state index in [1.54, 1.807) is 20.8 Å². The zero-order chi connectivity index (χ0) is 11.4. The number of halogens is 1. The highest BCUT2D eigenvalue weighted by Gasteiger charge is 2.29. The van der Waals surface area contributed by atoms with Gasteiger partial charge in [0.1, 0.15) is 0 Å². The van der Waals surface area contributed by atoms with Gasteiger partial charge in [-0.1, -0.05) is 0 Å². The molecule has 1 unspecified atom stereocenters. The molecular formula is C8H18ClNO3S. The molecule has 0 radical (unpaired) electrons. The van der Waals surface area contributed by atoms with Crippen LogP contribution in [0.2, 0.25) is 0 Å². The molecule has 0 aromatic heterocycles. The Morgan fingerprint density at radius 3 is 2.36 bits per heavy atom. The molecular weight excluding hydrogens is 226 g/mol. The van der Waals surface area contributed by atoms with Gasteiger partial charge in [0.15, 0.2) is 0 Å². The van der Waals surface area contributed by atoms with Gasteiger partial charge in [-0.3, -0.25) is 0 Å². The van der Waals surface area contributed by atoms with Crippen LogP contribution in [-0.4, -0.2) is 38.8 Å². The number of nitrogens with one attached hydrogen (secondary N) is 1. The van der Waals surface area contributed by atoms with Crippen LogP contribution < -0.4 is 4.72 Å². The molecule has 4 nitrogen and oxygen atoms in total. The molecule has 0 aromatic carbocycles. The third-order valence-corrected chi connectivity index (χ3v) is 4.06. The van der Waals surface area contributed by atoms with Gasteiger partial charge >= 0.3 is 0 Å². The van der Waals surface area contributed by atoms with Gasteiger partial charge in [0.25, 0.3) is 0 Å². The fraction of sp³-hybridized carbons (Fsp3) is 1.00. The molecule has 0 amide bonds. The maximum atomic E-state index is 11.5. The normalized spacial score (nSPS) is 15.5. The maximum Gasteiger partial charge on any atom is 0.214 e. The molecule has 0 saturated carbocycles. The van der Waals surface area contributed by atoms with Crippen LogP contribution in [0.3, 0.4) is 0 Å². The second-order valence-corrected chi connectivity index (χ2v) is 6.25. The first kappa shape index (κ1) is 14.2. The van der Waals surface area contributed by atoms with E-state index in [-0.39, 0.29) is 17.7 Å². The minimum atomic E-state index is -3.31. The molecule has 0 spiro atoms. The van der Waals surface area contributed by atoms with Crippen molar-refractivity contribution in [3.05, 3.63) is 0 Å². The largest absolute Gasteiger partial charge is 0.384 e. The molecule has 0 aliphatic heterocycles. The van der Waals surface area contributed by atoms with Crippen LogP contribution in [0.4, 0.5) is 0 Å². The van der Waals surface area contributed by atoms with Crippen LogP contribution in [0.1, 0.15) is 20.8 Å². The first-order chi connectivity index (χ1) is 6.21. The predicted octanol–water partition coefficient (Wildman–Crippen LogP) is 0.958. The number of sulfonamides is 1. The Morgan fingerprint density at radius 2 is 2.00 bits per heavy atom. The maximum absolute atomic E-state index is 11.5. The van der Waals surface area contributed by atoms with Gasteiger partial charge in [-0.2, -0.15) is 0 Å². The standard InChI is InChI=1S/C8H18ClNO3S/c1-7(9)8(2,3)10-14(11,12)6-5-13-4/h7,10H,5-6H2,1-4H3. The first-order valence-electron chi connectivity index (χ1n) is 4.36. The van der Waals surface area contributed by atoms with Crippen LogP contribution in [0.5, 0.6) is 0 Å². The highest BCUT2D eigenvalue weighted by molar-refractivity contribution is 7.89. The second kappa shape index (κ2) is 5.30. The van der Waals surface area contributed by atoms with E-state index in [1.165, 1.54) is 7.11 Å². The molecule has 1 atom stereocenters. The van der Waals surface area contributed by atoms with E-state index >= 15 is 0 Å². The first-order valence-corrected chi connectivity index (χ1v) is 6.45. The van der Waals surface area contributed by atoms with E-state index in [1.807, 2.05) is 0 Å². The summed E-state index contributed by atoms with van der Waals surface area (Å²) in [6, 6.07) is 0. The molecule has 0 heterocycles. The Morgan fingerprint density at radius 1 is 1.50 bits per heavy atom. The summed E-state index contributed by atoms with van der Waals surface area (Å²) in [6.07, 6.45) is 0. The topological polar surface area (TPSA) is 55.4 Å². The van der Waals surface area contributed by atoms with Crippen molar-refractivity contribution in [2.45, 2.75) is 31.7 Å². The zero-order valence-electron chi connectivity index (χ0n) is 9.00. The number of methoxy groups -OCH3 is 1. The van der Waals surface area contributed by atoms with Crippen molar-refractivity contribution in [1.82, 2.24) is 4.72 Å². The number of alkyl halides is 1. The summed E-state index contributed by atoms with van der Waals surface area (Å²) in [6.45, 7) is 5.42. The molecule has 14 heavy (non-hydrogen) atoms. The fourth-order valence-corrected chi connectivity index (χ4v) is 2.31. The summed E-state index contributed by atoms with van der Waals surface area (Å²) < 4.78 is 30.1. The van der Waals surface area contributed by atoms with E-state index in [4.69, 9.17) is 16.3 Å². The summed E-state index contributed by atoms with van der Waals surface area (Å²) in [5.41, 5.74) is -0.645. The third kappa shape index (κ3) is 5.14. The van der Waals surface area contributed by atoms with Gasteiger partial charge in [0, 0.05) is 18.0 Å². The summed E-state index contributed by atoms with van der Waals surface area (Å²) in [5, 5.41) is -0.278.